The molecule has 2 atom stereocenters. The summed E-state index contributed by atoms with van der Waals surface area (Å²) < 4.78 is 10.1. The van der Waals surface area contributed by atoms with Crippen molar-refractivity contribution >= 4 is 24.5 Å². The van der Waals surface area contributed by atoms with Crippen molar-refractivity contribution in [2.75, 3.05) is 6.54 Å². The first-order valence-corrected chi connectivity index (χ1v) is 18.6. The Kier molecular flexibility index (Phi) is 10.3. The number of β-amino-alcohol motifs (C(OH)–C–C–N with tert-alkyl or cyclic N) is 1. The van der Waals surface area contributed by atoms with Gasteiger partial charge in [-0.3, -0.25) is 0 Å². The van der Waals surface area contributed by atoms with Crippen molar-refractivity contribution in [1.29, 1.82) is 0 Å². The van der Waals surface area contributed by atoms with Crippen molar-refractivity contribution in [3.05, 3.63) is 0 Å². The molecule has 26 heavy (non-hydrogen) atoms. The van der Waals surface area contributed by atoms with Crippen LogP contribution in [0.25, 0.3) is 0 Å². The standard InChI is InChI=1S/C9H16NO3.3C4H9.Sn/c1-9(2,3)13-8(12)10-5-4-7(11)6-10;3*1-3-4-2;/h5,7,11H,4,6H2,1-3H3;3*1,3-4H2,2H3;/t7-;;;;/m1..../s1. The van der Waals surface area contributed by atoms with Crippen LogP contribution in [0, 0.1) is 0 Å². The summed E-state index contributed by atoms with van der Waals surface area (Å²) >= 11 is -2.63. The van der Waals surface area contributed by atoms with Crippen LogP contribution in [-0.2, 0) is 4.74 Å². The van der Waals surface area contributed by atoms with Crippen LogP contribution in [0.15, 0.2) is 0 Å². The molecule has 1 amide bonds. The number of likely N-dealkylation sites (tertiary alicyclic amines) is 1. The number of aliphatic hydroxyl groups excluding tert-OH is 1. The molecule has 1 aliphatic heterocycles. The number of amides is 1. The Bertz CT molecular complexity index is 400. The monoisotopic (exact) mass is 477 g/mol. The van der Waals surface area contributed by atoms with Crippen molar-refractivity contribution in [1.82, 2.24) is 4.90 Å². The number of hydrogen-bond donors (Lipinski definition) is 1. The minimum absolute atomic E-state index is 0.204. The van der Waals surface area contributed by atoms with Crippen LogP contribution in [0.4, 0.5) is 4.79 Å². The maximum atomic E-state index is 12.9. The topological polar surface area (TPSA) is 49.8 Å². The van der Waals surface area contributed by atoms with Crippen LogP contribution < -0.4 is 0 Å². The van der Waals surface area contributed by atoms with E-state index >= 15 is 0 Å². The van der Waals surface area contributed by atoms with Crippen LogP contribution in [0.5, 0.6) is 0 Å². The number of rotatable bonds is 10. The van der Waals surface area contributed by atoms with E-state index < -0.39 is 24.0 Å². The minimum atomic E-state index is -2.63. The molecule has 0 aromatic heterocycles. The zero-order valence-corrected chi connectivity index (χ0v) is 21.0. The summed E-state index contributed by atoms with van der Waals surface area (Å²) in [5.41, 5.74) is -0.483. The molecule has 0 spiro atoms. The molecule has 1 aliphatic rings. The van der Waals surface area contributed by atoms with Crippen LogP contribution in [-0.4, -0.2) is 56.8 Å². The van der Waals surface area contributed by atoms with Crippen LogP contribution in [0.3, 0.4) is 0 Å². The van der Waals surface area contributed by atoms with E-state index in [-0.39, 0.29) is 12.2 Å². The van der Waals surface area contributed by atoms with Crippen molar-refractivity contribution in [3.8, 4) is 0 Å². The second-order valence-corrected chi connectivity index (χ2v) is 23.2. The molecule has 1 rings (SSSR count). The third-order valence-corrected chi connectivity index (χ3v) is 22.8. The van der Waals surface area contributed by atoms with Crippen molar-refractivity contribution in [3.63, 3.8) is 0 Å². The third-order valence-electron chi connectivity index (χ3n) is 5.70. The molecule has 1 fully saturated rings. The Hall–Kier alpha value is 0.0287. The normalized spacial score (nSPS) is 21.3. The molecular formula is C21H43NO3Sn. The molecule has 0 saturated carbocycles. The molecule has 0 aromatic rings. The third kappa shape index (κ3) is 7.21. The first-order chi connectivity index (χ1) is 12.2. The van der Waals surface area contributed by atoms with E-state index in [4.69, 9.17) is 4.74 Å². The van der Waals surface area contributed by atoms with Gasteiger partial charge in [-0.1, -0.05) is 0 Å². The van der Waals surface area contributed by atoms with Gasteiger partial charge in [0.2, 0.25) is 0 Å². The molecule has 0 aliphatic carbocycles. The Morgan fingerprint density at radius 3 is 1.88 bits per heavy atom. The first-order valence-electron chi connectivity index (χ1n) is 10.9. The predicted octanol–water partition coefficient (Wildman–Crippen LogP) is 5.75. The van der Waals surface area contributed by atoms with Gasteiger partial charge in [0.05, 0.1) is 0 Å². The SMILES string of the molecule is CCC[CH2][Sn]([CH2]CCC)([CH2]CCC)[C@@H]1C[C@@H](O)CN1C(=O)OC(C)(C)C. The van der Waals surface area contributed by atoms with Crippen molar-refractivity contribution in [2.45, 2.75) is 116 Å². The van der Waals surface area contributed by atoms with Gasteiger partial charge in [0.1, 0.15) is 0 Å². The second-order valence-electron chi connectivity index (χ2n) is 9.21. The van der Waals surface area contributed by atoms with Gasteiger partial charge in [0.25, 0.3) is 0 Å². The fraction of sp³-hybridized carbons (Fsp3) is 0.952. The summed E-state index contributed by atoms with van der Waals surface area (Å²) in [5.74, 6) is 0. The fourth-order valence-corrected chi connectivity index (χ4v) is 23.1. The number of carbonyl (C=O) groups excluding carboxylic acids is 1. The van der Waals surface area contributed by atoms with Gasteiger partial charge >= 0.3 is 166 Å². The van der Waals surface area contributed by atoms with Gasteiger partial charge in [0.15, 0.2) is 0 Å². The van der Waals surface area contributed by atoms with Crippen LogP contribution in [0.2, 0.25) is 13.3 Å². The Balaban J connectivity index is 3.13. The van der Waals surface area contributed by atoms with Gasteiger partial charge in [-0.25, -0.2) is 0 Å². The first kappa shape index (κ1) is 24.1. The second kappa shape index (κ2) is 11.1. The van der Waals surface area contributed by atoms with E-state index in [1.807, 2.05) is 25.7 Å². The molecule has 0 bridgehead atoms. The van der Waals surface area contributed by atoms with E-state index in [0.717, 1.165) is 6.42 Å². The zero-order valence-electron chi connectivity index (χ0n) is 18.1. The average Bonchev–Trinajstić information content (AvgIpc) is 2.96. The molecule has 1 heterocycles. The maximum absolute atomic E-state index is 12.9. The number of unbranched alkanes of at least 4 members (excludes halogenated alkanes) is 3. The summed E-state index contributed by atoms with van der Waals surface area (Å²) in [6.45, 7) is 13.0. The van der Waals surface area contributed by atoms with E-state index in [9.17, 15) is 9.90 Å². The number of carbonyl (C=O) groups is 1. The Labute approximate surface area is 165 Å². The van der Waals surface area contributed by atoms with Gasteiger partial charge in [0, 0.05) is 0 Å². The Morgan fingerprint density at radius 2 is 1.50 bits per heavy atom. The predicted molar refractivity (Wildman–Crippen MR) is 112 cm³/mol. The molecule has 4 nitrogen and oxygen atoms in total. The molecule has 1 saturated heterocycles. The number of aliphatic hydroxyl groups is 1. The number of hydrogen-bond acceptors (Lipinski definition) is 3. The molecule has 0 aromatic carbocycles. The van der Waals surface area contributed by atoms with E-state index in [1.54, 1.807) is 0 Å². The van der Waals surface area contributed by atoms with Crippen molar-refractivity contribution in [2.24, 2.45) is 0 Å². The van der Waals surface area contributed by atoms with Crippen LogP contribution in [0.1, 0.15) is 86.5 Å². The van der Waals surface area contributed by atoms with E-state index in [0.29, 0.717) is 10.6 Å². The van der Waals surface area contributed by atoms with Gasteiger partial charge in [-0.2, -0.15) is 0 Å². The fourth-order valence-electron chi connectivity index (χ4n) is 4.38. The summed E-state index contributed by atoms with van der Waals surface area (Å²) in [5, 5.41) is 10.4. The molecule has 1 N–H and O–H groups in total. The number of nitrogens with zero attached hydrogens (tertiary/aromatic N) is 1. The molecule has 0 unspecified atom stereocenters. The summed E-state index contributed by atoms with van der Waals surface area (Å²) in [4.78, 5) is 14.9. The number of ether oxygens (including phenoxy) is 1. The summed E-state index contributed by atoms with van der Waals surface area (Å²) in [6.07, 6.45) is 7.69. The van der Waals surface area contributed by atoms with Gasteiger partial charge < -0.3 is 0 Å². The quantitative estimate of drug-likeness (QED) is 0.409. The van der Waals surface area contributed by atoms with Crippen LogP contribution >= 0.6 is 0 Å². The van der Waals surface area contributed by atoms with Gasteiger partial charge in [-0.05, 0) is 0 Å². The molecule has 0 radical (unpaired) electrons. The van der Waals surface area contributed by atoms with Crippen molar-refractivity contribution < 1.29 is 14.6 Å². The van der Waals surface area contributed by atoms with Gasteiger partial charge in [-0.15, -0.1) is 0 Å². The zero-order chi connectivity index (χ0) is 19.8. The summed E-state index contributed by atoms with van der Waals surface area (Å²) in [6, 6.07) is 0. The van der Waals surface area contributed by atoms with E-state index in [2.05, 4.69) is 20.8 Å². The van der Waals surface area contributed by atoms with E-state index in [1.165, 1.54) is 51.8 Å². The molecule has 5 heteroatoms. The Morgan fingerprint density at radius 1 is 1.04 bits per heavy atom. The summed E-state index contributed by atoms with van der Waals surface area (Å²) in [7, 11) is 0. The molecule has 154 valence electrons. The average molecular weight is 476 g/mol. The molecular weight excluding hydrogens is 433 g/mol.